The molecule has 11 heteroatoms. The quantitative estimate of drug-likeness (QED) is 0.392. The number of amides is 1. The highest BCUT2D eigenvalue weighted by Crippen LogP contribution is 2.50. The summed E-state index contributed by atoms with van der Waals surface area (Å²) in [5.74, 6) is 0.0244. The molecule has 0 aromatic heterocycles. The fraction of sp³-hybridized carbons (Fsp3) is 0.174. The summed E-state index contributed by atoms with van der Waals surface area (Å²) >= 11 is 1.59. The number of nitrogens with zero attached hydrogens (tertiary/aromatic N) is 2. The highest BCUT2D eigenvalue weighted by Gasteiger charge is 2.30. The Morgan fingerprint density at radius 2 is 1.68 bits per heavy atom. The van der Waals surface area contributed by atoms with Gasteiger partial charge in [0.1, 0.15) is 12.4 Å². The second-order valence-electron chi connectivity index (χ2n) is 7.70. The predicted molar refractivity (Wildman–Crippen MR) is 132 cm³/mol. The van der Waals surface area contributed by atoms with Gasteiger partial charge in [0.2, 0.25) is 0 Å². The molecule has 34 heavy (non-hydrogen) atoms. The summed E-state index contributed by atoms with van der Waals surface area (Å²) in [4.78, 5) is 36.5. The Hall–Kier alpha value is -3.17. The number of carbonyl (C=O) groups excluding carboxylic acids is 1. The van der Waals surface area contributed by atoms with Crippen LogP contribution in [0, 0.1) is 0 Å². The molecule has 9 nitrogen and oxygen atoms in total. The van der Waals surface area contributed by atoms with Crippen molar-refractivity contribution in [1.82, 2.24) is 0 Å². The van der Waals surface area contributed by atoms with Gasteiger partial charge in [0.25, 0.3) is 0 Å². The fourth-order valence-corrected chi connectivity index (χ4v) is 4.95. The van der Waals surface area contributed by atoms with E-state index in [2.05, 4.69) is 9.84 Å². The van der Waals surface area contributed by atoms with E-state index >= 15 is 0 Å². The van der Waals surface area contributed by atoms with Crippen LogP contribution in [0.4, 0.5) is 27.5 Å². The first-order valence-electron chi connectivity index (χ1n) is 10.3. The van der Waals surface area contributed by atoms with Gasteiger partial charge in [-0.2, -0.15) is 0 Å². The molecule has 0 atom stereocenters. The number of rotatable bonds is 6. The number of nitrogens with one attached hydrogen (secondary N) is 1. The van der Waals surface area contributed by atoms with Crippen molar-refractivity contribution in [2.75, 3.05) is 36.3 Å². The van der Waals surface area contributed by atoms with Gasteiger partial charge in [0, 0.05) is 42.3 Å². The first-order valence-corrected chi connectivity index (χ1v) is 12.6. The van der Waals surface area contributed by atoms with Gasteiger partial charge >= 0.3 is 13.9 Å². The van der Waals surface area contributed by atoms with Crippen molar-refractivity contribution in [3.05, 3.63) is 66.2 Å². The molecule has 0 saturated carbocycles. The number of anilines is 4. The maximum Gasteiger partial charge on any atom is 0.524 e. The van der Waals surface area contributed by atoms with E-state index in [-0.39, 0.29) is 12.4 Å². The zero-order chi connectivity index (χ0) is 24.5. The molecule has 1 aliphatic heterocycles. The second-order valence-corrected chi connectivity index (χ2v) is 9.94. The summed E-state index contributed by atoms with van der Waals surface area (Å²) in [6.45, 7) is -0.0201. The van der Waals surface area contributed by atoms with Crippen LogP contribution in [0.2, 0.25) is 0 Å². The third-order valence-corrected chi connectivity index (χ3v) is 6.65. The molecule has 0 saturated heterocycles. The molecule has 4 rings (SSSR count). The molecule has 178 valence electrons. The van der Waals surface area contributed by atoms with Crippen molar-refractivity contribution in [2.24, 2.45) is 0 Å². The third kappa shape index (κ3) is 5.31. The molecule has 3 aromatic rings. The van der Waals surface area contributed by atoms with E-state index < -0.39 is 13.9 Å². The fourth-order valence-electron chi connectivity index (χ4n) is 3.42. The van der Waals surface area contributed by atoms with Crippen LogP contribution in [0.3, 0.4) is 0 Å². The maximum atomic E-state index is 13.3. The van der Waals surface area contributed by atoms with Crippen LogP contribution < -0.4 is 19.6 Å². The molecule has 0 aliphatic carbocycles. The number of benzene rings is 3. The average Bonchev–Trinajstić information content (AvgIpc) is 2.80. The molecule has 1 aliphatic rings. The molecule has 1 amide bonds. The van der Waals surface area contributed by atoms with Crippen molar-refractivity contribution in [1.29, 1.82) is 0 Å². The van der Waals surface area contributed by atoms with Gasteiger partial charge in [0.05, 0.1) is 11.4 Å². The van der Waals surface area contributed by atoms with E-state index in [0.29, 0.717) is 5.56 Å². The SMILES string of the molecule is CNc1ccc2c(c1)Sc1cc(N(C)C)ccc1N2C(=O)OCc1ccc(OP(=O)(O)O)cc1. The lowest BCUT2D eigenvalue weighted by Gasteiger charge is -2.31. The Kier molecular flexibility index (Phi) is 6.77. The summed E-state index contributed by atoms with van der Waals surface area (Å²) < 4.78 is 21.1. The van der Waals surface area contributed by atoms with Gasteiger partial charge in [-0.15, -0.1) is 0 Å². The summed E-state index contributed by atoms with van der Waals surface area (Å²) in [5.41, 5.74) is 4.06. The number of hydrogen-bond acceptors (Lipinski definition) is 7. The number of fused-ring (bicyclic) bond motifs is 2. The van der Waals surface area contributed by atoms with Gasteiger partial charge in [-0.25, -0.2) is 14.3 Å². The second kappa shape index (κ2) is 9.60. The minimum absolute atomic E-state index is 0.0201. The van der Waals surface area contributed by atoms with Crippen molar-refractivity contribution in [3.63, 3.8) is 0 Å². The average molecular weight is 502 g/mol. The van der Waals surface area contributed by atoms with E-state index in [1.54, 1.807) is 28.8 Å². The highest BCUT2D eigenvalue weighted by molar-refractivity contribution is 7.99. The standard InChI is InChI=1S/C23H24N3O6PS/c1-24-16-6-10-19-21(12-16)34-22-13-17(25(2)3)7-11-20(22)26(19)23(27)31-14-15-4-8-18(9-5-15)32-33(28,29)30/h4-13,24H,14H2,1-3H3,(H2,28,29,30). The Labute approximate surface area is 201 Å². The lowest BCUT2D eigenvalue weighted by molar-refractivity contribution is 0.149. The molecule has 0 unspecified atom stereocenters. The summed E-state index contributed by atoms with van der Waals surface area (Å²) in [7, 11) is 1.14. The zero-order valence-corrected chi connectivity index (χ0v) is 20.5. The van der Waals surface area contributed by atoms with Gasteiger partial charge in [-0.05, 0) is 54.1 Å². The number of hydrogen-bond donors (Lipinski definition) is 3. The van der Waals surface area contributed by atoms with Crippen LogP contribution >= 0.6 is 19.6 Å². The smallest absolute Gasteiger partial charge is 0.444 e. The van der Waals surface area contributed by atoms with Crippen LogP contribution in [-0.2, 0) is 15.9 Å². The van der Waals surface area contributed by atoms with Crippen molar-refractivity contribution < 1.29 is 28.4 Å². The minimum Gasteiger partial charge on any atom is -0.444 e. The molecule has 1 heterocycles. The normalized spacial score (nSPS) is 12.4. The summed E-state index contributed by atoms with van der Waals surface area (Å²) in [6.07, 6.45) is -0.534. The molecule has 0 bridgehead atoms. The van der Waals surface area contributed by atoms with Gasteiger partial charge < -0.3 is 19.5 Å². The van der Waals surface area contributed by atoms with Crippen LogP contribution in [0.25, 0.3) is 0 Å². The Bertz CT molecular complexity index is 1260. The van der Waals surface area contributed by atoms with Crippen molar-refractivity contribution in [2.45, 2.75) is 16.4 Å². The lowest BCUT2D eigenvalue weighted by atomic mass is 10.2. The van der Waals surface area contributed by atoms with Crippen LogP contribution in [0.15, 0.2) is 70.5 Å². The molecular formula is C23H24N3O6PS. The summed E-state index contributed by atoms with van der Waals surface area (Å²) in [5, 5.41) is 3.12. The van der Waals surface area contributed by atoms with Crippen LogP contribution in [0.1, 0.15) is 5.56 Å². The monoisotopic (exact) mass is 501 g/mol. The van der Waals surface area contributed by atoms with Gasteiger partial charge in [-0.1, -0.05) is 23.9 Å². The Morgan fingerprint density at radius 1 is 1.03 bits per heavy atom. The van der Waals surface area contributed by atoms with E-state index in [9.17, 15) is 9.36 Å². The molecule has 0 radical (unpaired) electrons. The molecule has 3 aromatic carbocycles. The number of phosphoric ester groups is 1. The van der Waals surface area contributed by atoms with Gasteiger partial charge in [0.15, 0.2) is 0 Å². The zero-order valence-electron chi connectivity index (χ0n) is 18.8. The first-order chi connectivity index (χ1) is 16.1. The highest BCUT2D eigenvalue weighted by atomic mass is 32.2. The Balaban J connectivity index is 1.59. The number of carbonyl (C=O) groups is 1. The van der Waals surface area contributed by atoms with E-state index in [1.165, 1.54) is 12.1 Å². The summed E-state index contributed by atoms with van der Waals surface area (Å²) in [6, 6.07) is 17.6. The molecule has 0 spiro atoms. The Morgan fingerprint density at radius 3 is 2.29 bits per heavy atom. The van der Waals surface area contributed by atoms with E-state index in [4.69, 9.17) is 14.5 Å². The molecule has 0 fully saturated rings. The number of phosphoric acid groups is 1. The maximum absolute atomic E-state index is 13.3. The van der Waals surface area contributed by atoms with Crippen molar-refractivity contribution in [3.8, 4) is 5.75 Å². The van der Waals surface area contributed by atoms with Crippen LogP contribution in [0.5, 0.6) is 5.75 Å². The largest absolute Gasteiger partial charge is 0.524 e. The minimum atomic E-state index is -4.63. The van der Waals surface area contributed by atoms with Crippen LogP contribution in [-0.4, -0.2) is 37.0 Å². The topological polar surface area (TPSA) is 112 Å². The molecule has 3 N–H and O–H groups in total. The third-order valence-electron chi connectivity index (χ3n) is 5.10. The first kappa shape index (κ1) is 24.0. The van der Waals surface area contributed by atoms with E-state index in [0.717, 1.165) is 32.5 Å². The molecular weight excluding hydrogens is 477 g/mol. The number of ether oxygens (including phenoxy) is 1. The van der Waals surface area contributed by atoms with Crippen molar-refractivity contribution >= 4 is 48.4 Å². The van der Waals surface area contributed by atoms with E-state index in [1.807, 2.05) is 62.4 Å². The van der Waals surface area contributed by atoms with Gasteiger partial charge in [-0.3, -0.25) is 9.79 Å². The predicted octanol–water partition coefficient (Wildman–Crippen LogP) is 5.21. The lowest BCUT2D eigenvalue weighted by Crippen LogP contribution is -2.29.